The highest BCUT2D eigenvalue weighted by molar-refractivity contribution is 6.25. The van der Waals surface area contributed by atoms with Crippen LogP contribution < -0.4 is 0 Å². The molecular weight excluding hydrogens is 298 g/mol. The van der Waals surface area contributed by atoms with Crippen LogP contribution in [0.2, 0.25) is 0 Å². The summed E-state index contributed by atoms with van der Waals surface area (Å²) in [6, 6.07) is 1.91. The number of aliphatic imine (C=N–C) groups is 2. The molecule has 0 saturated heterocycles. The topological polar surface area (TPSA) is 61.7 Å². The van der Waals surface area contributed by atoms with Crippen molar-refractivity contribution in [3.63, 3.8) is 0 Å². The minimum absolute atomic E-state index is 0.448. The van der Waals surface area contributed by atoms with Gasteiger partial charge in [-0.3, -0.25) is 4.99 Å². The second-order valence-electron chi connectivity index (χ2n) is 5.79. The van der Waals surface area contributed by atoms with Crippen LogP contribution in [0.1, 0.15) is 58.9 Å². The standard InChI is InChI=1S/C20H29N3O/c1-6-8-9-10-15(3)23-20(22-5)19(16(4)21)13-17(7-2)18-11-12-24-14-18/h7,11-14,21H,6,8-10H2,1-5H3/b17-7+,19-13+,21-16?,22-20?,23-15?. The summed E-state index contributed by atoms with van der Waals surface area (Å²) in [5, 5.41) is 8.12. The Morgan fingerprint density at radius 2 is 2.04 bits per heavy atom. The number of hydrogen-bond acceptors (Lipinski definition) is 3. The Morgan fingerprint density at radius 3 is 2.54 bits per heavy atom. The predicted molar refractivity (Wildman–Crippen MR) is 104 cm³/mol. The van der Waals surface area contributed by atoms with Gasteiger partial charge in [0.2, 0.25) is 0 Å². The lowest BCUT2D eigenvalue weighted by Gasteiger charge is -2.09. The number of allylic oxidation sites excluding steroid dienone is 3. The number of amidine groups is 1. The molecular formula is C20H29N3O. The summed E-state index contributed by atoms with van der Waals surface area (Å²) in [6.07, 6.45) is 11.8. The second kappa shape index (κ2) is 10.5. The van der Waals surface area contributed by atoms with Crippen LogP contribution >= 0.6 is 0 Å². The molecule has 1 heterocycles. The Morgan fingerprint density at radius 1 is 1.29 bits per heavy atom. The van der Waals surface area contributed by atoms with Crippen LogP contribution in [0, 0.1) is 5.41 Å². The smallest absolute Gasteiger partial charge is 0.156 e. The van der Waals surface area contributed by atoms with Gasteiger partial charge in [-0.05, 0) is 51.3 Å². The molecule has 1 aromatic rings. The van der Waals surface area contributed by atoms with Crippen molar-refractivity contribution in [1.29, 1.82) is 5.41 Å². The van der Waals surface area contributed by atoms with Gasteiger partial charge in [-0.2, -0.15) is 0 Å². The Kier molecular flexibility index (Phi) is 8.69. The highest BCUT2D eigenvalue weighted by Crippen LogP contribution is 2.19. The molecule has 1 rings (SSSR count). The molecule has 0 unspecified atom stereocenters. The van der Waals surface area contributed by atoms with Crippen molar-refractivity contribution in [2.24, 2.45) is 9.98 Å². The number of hydrogen-bond donors (Lipinski definition) is 1. The summed E-state index contributed by atoms with van der Waals surface area (Å²) in [7, 11) is 1.72. The van der Waals surface area contributed by atoms with E-state index in [-0.39, 0.29) is 0 Å². The van der Waals surface area contributed by atoms with E-state index >= 15 is 0 Å². The minimum atomic E-state index is 0.448. The van der Waals surface area contributed by atoms with E-state index in [9.17, 15) is 0 Å². The first kappa shape index (κ1) is 19.8. The minimum Gasteiger partial charge on any atom is -0.472 e. The molecule has 4 nitrogen and oxygen atoms in total. The number of unbranched alkanes of at least 4 members (excludes halogenated alkanes) is 2. The highest BCUT2D eigenvalue weighted by Gasteiger charge is 2.11. The summed E-state index contributed by atoms with van der Waals surface area (Å²) < 4.78 is 5.16. The zero-order valence-corrected chi connectivity index (χ0v) is 15.5. The summed E-state index contributed by atoms with van der Waals surface area (Å²) in [4.78, 5) is 8.98. The first-order valence-electron chi connectivity index (χ1n) is 8.50. The maximum absolute atomic E-state index is 8.12. The van der Waals surface area contributed by atoms with Crippen LogP contribution in [0.25, 0.3) is 5.57 Å². The molecule has 0 radical (unpaired) electrons. The molecule has 1 N–H and O–H groups in total. The highest BCUT2D eigenvalue weighted by atomic mass is 16.3. The molecule has 0 atom stereocenters. The van der Waals surface area contributed by atoms with Gasteiger partial charge in [0.05, 0.1) is 12.5 Å². The van der Waals surface area contributed by atoms with E-state index in [4.69, 9.17) is 9.83 Å². The molecule has 0 aliphatic heterocycles. The number of rotatable bonds is 8. The van der Waals surface area contributed by atoms with E-state index in [2.05, 4.69) is 16.9 Å². The largest absolute Gasteiger partial charge is 0.472 e. The lowest BCUT2D eigenvalue weighted by molar-refractivity contribution is 0.566. The molecule has 0 bridgehead atoms. The normalized spacial score (nSPS) is 14.2. The molecule has 0 aromatic carbocycles. The van der Waals surface area contributed by atoms with Crippen molar-refractivity contribution in [1.82, 2.24) is 0 Å². The van der Waals surface area contributed by atoms with Gasteiger partial charge in [-0.25, -0.2) is 4.99 Å². The van der Waals surface area contributed by atoms with Crippen LogP contribution in [0.15, 0.2) is 50.7 Å². The van der Waals surface area contributed by atoms with Gasteiger partial charge in [0.15, 0.2) is 5.84 Å². The SMILES string of the molecule is C/C=C(\C=C(/C(C)=N)C(N=C(C)CCCCC)=NC)c1ccoc1. The monoisotopic (exact) mass is 327 g/mol. The van der Waals surface area contributed by atoms with E-state index < -0.39 is 0 Å². The number of nitrogens with one attached hydrogen (secondary N) is 1. The van der Waals surface area contributed by atoms with Crippen LogP contribution in [-0.4, -0.2) is 24.3 Å². The molecule has 0 spiro atoms. The quantitative estimate of drug-likeness (QED) is 0.282. The van der Waals surface area contributed by atoms with Crippen LogP contribution in [0.4, 0.5) is 0 Å². The molecule has 0 amide bonds. The molecule has 0 saturated carbocycles. The Labute approximate surface area is 145 Å². The zero-order valence-electron chi connectivity index (χ0n) is 15.5. The van der Waals surface area contributed by atoms with Gasteiger partial charge in [-0.15, -0.1) is 0 Å². The molecule has 0 aliphatic carbocycles. The lowest BCUT2D eigenvalue weighted by atomic mass is 10.0. The van der Waals surface area contributed by atoms with Crippen molar-refractivity contribution in [3.05, 3.63) is 41.9 Å². The van der Waals surface area contributed by atoms with Crippen molar-refractivity contribution in [3.8, 4) is 0 Å². The molecule has 0 aliphatic rings. The molecule has 130 valence electrons. The van der Waals surface area contributed by atoms with Crippen molar-refractivity contribution < 1.29 is 4.42 Å². The first-order valence-corrected chi connectivity index (χ1v) is 8.50. The fraction of sp³-hybridized carbons (Fsp3) is 0.450. The van der Waals surface area contributed by atoms with Gasteiger partial charge >= 0.3 is 0 Å². The number of furan rings is 1. The van der Waals surface area contributed by atoms with Gasteiger partial charge in [-0.1, -0.05) is 25.8 Å². The molecule has 0 fully saturated rings. The summed E-state index contributed by atoms with van der Waals surface area (Å²) in [5.41, 5.74) is 4.22. The Hall–Kier alpha value is -2.23. The average Bonchev–Trinajstić information content (AvgIpc) is 3.08. The van der Waals surface area contributed by atoms with E-state index in [1.54, 1.807) is 26.5 Å². The Bertz CT molecular complexity index is 646. The van der Waals surface area contributed by atoms with Gasteiger partial charge in [0, 0.05) is 29.6 Å². The molecule has 4 heteroatoms. The van der Waals surface area contributed by atoms with Gasteiger partial charge in [0.1, 0.15) is 0 Å². The lowest BCUT2D eigenvalue weighted by Crippen LogP contribution is -2.10. The maximum Gasteiger partial charge on any atom is 0.156 e. The summed E-state index contributed by atoms with van der Waals surface area (Å²) in [6.45, 7) is 7.96. The second-order valence-corrected chi connectivity index (χ2v) is 5.79. The molecule has 24 heavy (non-hydrogen) atoms. The van der Waals surface area contributed by atoms with Gasteiger partial charge in [0.25, 0.3) is 0 Å². The fourth-order valence-electron chi connectivity index (χ4n) is 2.36. The third-order valence-corrected chi connectivity index (χ3v) is 3.76. The fourth-order valence-corrected chi connectivity index (χ4v) is 2.36. The van der Waals surface area contributed by atoms with Crippen LogP contribution in [0.5, 0.6) is 0 Å². The summed E-state index contributed by atoms with van der Waals surface area (Å²) in [5.74, 6) is 0.611. The average molecular weight is 327 g/mol. The van der Waals surface area contributed by atoms with Crippen LogP contribution in [-0.2, 0) is 0 Å². The third-order valence-electron chi connectivity index (χ3n) is 3.76. The van der Waals surface area contributed by atoms with E-state index in [1.165, 1.54) is 12.8 Å². The first-order chi connectivity index (χ1) is 11.5. The van der Waals surface area contributed by atoms with E-state index in [0.29, 0.717) is 11.5 Å². The van der Waals surface area contributed by atoms with Gasteiger partial charge < -0.3 is 9.83 Å². The maximum atomic E-state index is 8.12. The van der Waals surface area contributed by atoms with Crippen LogP contribution in [0.3, 0.4) is 0 Å². The van der Waals surface area contributed by atoms with Crippen molar-refractivity contribution in [2.75, 3.05) is 7.05 Å². The van der Waals surface area contributed by atoms with Crippen molar-refractivity contribution in [2.45, 2.75) is 53.4 Å². The summed E-state index contributed by atoms with van der Waals surface area (Å²) >= 11 is 0. The Balaban J connectivity index is 3.10. The van der Waals surface area contributed by atoms with Crippen molar-refractivity contribution >= 4 is 22.8 Å². The number of nitrogens with zero attached hydrogens (tertiary/aromatic N) is 2. The van der Waals surface area contributed by atoms with E-state index in [0.717, 1.165) is 35.3 Å². The third kappa shape index (κ3) is 6.11. The predicted octanol–water partition coefficient (Wildman–Crippen LogP) is 5.72. The zero-order chi connectivity index (χ0) is 17.9. The van der Waals surface area contributed by atoms with E-state index in [1.807, 2.05) is 32.1 Å². The molecule has 1 aromatic heterocycles.